The Hall–Kier alpha value is -0.870. The molecule has 4 nitrogen and oxygen atoms in total. The van der Waals surface area contributed by atoms with Gasteiger partial charge >= 0.3 is 0 Å². The third-order valence-corrected chi connectivity index (χ3v) is 1.43. The molecule has 1 aromatic heterocycles. The summed E-state index contributed by atoms with van der Waals surface area (Å²) in [5.74, 6) is 0. The van der Waals surface area contributed by atoms with Crippen LogP contribution < -0.4 is 5.73 Å². The molecule has 0 saturated heterocycles. The highest BCUT2D eigenvalue weighted by molar-refractivity contribution is 5.03. The first kappa shape index (κ1) is 7.24. The first-order chi connectivity index (χ1) is 4.75. The predicted molar refractivity (Wildman–Crippen MR) is 37.2 cm³/mol. The summed E-state index contributed by atoms with van der Waals surface area (Å²) < 4.78 is 1.79. The molecule has 0 aromatic carbocycles. The van der Waals surface area contributed by atoms with Crippen molar-refractivity contribution in [3.8, 4) is 0 Å². The summed E-state index contributed by atoms with van der Waals surface area (Å²) in [5, 5.41) is 8.66. The maximum absolute atomic E-state index is 8.66. The first-order valence-electron chi connectivity index (χ1n) is 3.08. The molecule has 1 heterocycles. The van der Waals surface area contributed by atoms with Gasteiger partial charge in [0.2, 0.25) is 0 Å². The van der Waals surface area contributed by atoms with Crippen LogP contribution in [-0.2, 0) is 7.05 Å². The number of nitrogens with zero attached hydrogens (tertiary/aromatic N) is 2. The van der Waals surface area contributed by atoms with Crippen LogP contribution in [0.25, 0.3) is 0 Å². The summed E-state index contributed by atoms with van der Waals surface area (Å²) in [5.41, 5.74) is 6.38. The minimum Gasteiger partial charge on any atom is -0.394 e. The summed E-state index contributed by atoms with van der Waals surface area (Å²) in [6.07, 6.45) is 3.31. The monoisotopic (exact) mass is 141 g/mol. The van der Waals surface area contributed by atoms with Crippen molar-refractivity contribution in [3.63, 3.8) is 0 Å². The number of nitrogens with two attached hydrogens (primary N) is 1. The molecular weight excluding hydrogens is 130 g/mol. The van der Waals surface area contributed by atoms with E-state index >= 15 is 0 Å². The molecule has 0 saturated carbocycles. The smallest absolute Gasteiger partial charge is 0.0946 e. The van der Waals surface area contributed by atoms with Crippen LogP contribution in [0.3, 0.4) is 0 Å². The van der Waals surface area contributed by atoms with Gasteiger partial charge in [-0.25, -0.2) is 4.98 Å². The van der Waals surface area contributed by atoms with Crippen molar-refractivity contribution in [1.29, 1.82) is 0 Å². The van der Waals surface area contributed by atoms with E-state index in [9.17, 15) is 0 Å². The highest BCUT2D eigenvalue weighted by atomic mass is 16.3. The number of aliphatic hydroxyl groups excluding tert-OH is 1. The number of aliphatic hydroxyl groups is 1. The summed E-state index contributed by atoms with van der Waals surface area (Å²) in [6.45, 7) is -0.0421. The van der Waals surface area contributed by atoms with Gasteiger partial charge in [0.1, 0.15) is 0 Å². The lowest BCUT2D eigenvalue weighted by Gasteiger charge is -2.07. The molecule has 1 atom stereocenters. The van der Waals surface area contributed by atoms with Gasteiger partial charge in [-0.05, 0) is 0 Å². The highest BCUT2D eigenvalue weighted by Gasteiger charge is 2.06. The Balaban J connectivity index is 2.82. The third-order valence-electron chi connectivity index (χ3n) is 1.43. The number of aryl methyl sites for hydroxylation is 1. The zero-order valence-electron chi connectivity index (χ0n) is 5.86. The Kier molecular flexibility index (Phi) is 2.03. The maximum atomic E-state index is 8.66. The van der Waals surface area contributed by atoms with Crippen LogP contribution in [0.5, 0.6) is 0 Å². The Labute approximate surface area is 59.3 Å². The summed E-state index contributed by atoms with van der Waals surface area (Å²) in [4.78, 5) is 3.86. The average molecular weight is 141 g/mol. The second-order valence-corrected chi connectivity index (χ2v) is 2.22. The van der Waals surface area contributed by atoms with E-state index in [0.29, 0.717) is 0 Å². The maximum Gasteiger partial charge on any atom is 0.0946 e. The average Bonchev–Trinajstić information content (AvgIpc) is 2.34. The molecule has 0 spiro atoms. The number of rotatable bonds is 2. The molecule has 0 unspecified atom stereocenters. The van der Waals surface area contributed by atoms with E-state index < -0.39 is 0 Å². The molecule has 10 heavy (non-hydrogen) atoms. The van der Waals surface area contributed by atoms with Crippen molar-refractivity contribution in [3.05, 3.63) is 18.2 Å². The molecule has 56 valence electrons. The van der Waals surface area contributed by atoms with Crippen molar-refractivity contribution >= 4 is 0 Å². The zero-order valence-corrected chi connectivity index (χ0v) is 5.86. The highest BCUT2D eigenvalue weighted by Crippen LogP contribution is 2.05. The largest absolute Gasteiger partial charge is 0.394 e. The van der Waals surface area contributed by atoms with Gasteiger partial charge in [-0.2, -0.15) is 0 Å². The van der Waals surface area contributed by atoms with Crippen molar-refractivity contribution in [2.45, 2.75) is 6.04 Å². The second-order valence-electron chi connectivity index (χ2n) is 2.22. The minimum atomic E-state index is -0.313. The number of imidazole rings is 1. The van der Waals surface area contributed by atoms with E-state index in [1.54, 1.807) is 17.1 Å². The molecule has 0 aliphatic carbocycles. The van der Waals surface area contributed by atoms with E-state index in [4.69, 9.17) is 10.8 Å². The van der Waals surface area contributed by atoms with Gasteiger partial charge in [-0.15, -0.1) is 0 Å². The molecular formula is C6H11N3O. The van der Waals surface area contributed by atoms with E-state index in [2.05, 4.69) is 4.98 Å². The fourth-order valence-corrected chi connectivity index (χ4v) is 0.818. The van der Waals surface area contributed by atoms with Crippen LogP contribution in [0, 0.1) is 0 Å². The second kappa shape index (κ2) is 2.81. The van der Waals surface area contributed by atoms with Gasteiger partial charge in [0.25, 0.3) is 0 Å². The van der Waals surface area contributed by atoms with Gasteiger partial charge in [-0.3, -0.25) is 0 Å². The standard InChI is InChI=1S/C6H11N3O/c1-9-4-8-2-6(9)5(7)3-10/h2,4-5,10H,3,7H2,1H3/t5-/m1/s1. The van der Waals surface area contributed by atoms with Crippen LogP contribution in [0.2, 0.25) is 0 Å². The third kappa shape index (κ3) is 1.17. The summed E-state index contributed by atoms with van der Waals surface area (Å²) in [6, 6.07) is -0.313. The van der Waals surface area contributed by atoms with Crippen molar-refractivity contribution < 1.29 is 5.11 Å². The number of hydrogen-bond donors (Lipinski definition) is 2. The van der Waals surface area contributed by atoms with E-state index in [0.717, 1.165) is 5.69 Å². The lowest BCUT2D eigenvalue weighted by atomic mass is 10.2. The van der Waals surface area contributed by atoms with Crippen LogP contribution in [0.1, 0.15) is 11.7 Å². The van der Waals surface area contributed by atoms with Gasteiger partial charge in [0.05, 0.1) is 24.7 Å². The molecule has 4 heteroatoms. The minimum absolute atomic E-state index is 0.0421. The van der Waals surface area contributed by atoms with Gasteiger partial charge in [0, 0.05) is 13.2 Å². The lowest BCUT2D eigenvalue weighted by molar-refractivity contribution is 0.264. The fraction of sp³-hybridized carbons (Fsp3) is 0.500. The summed E-state index contributed by atoms with van der Waals surface area (Å²) in [7, 11) is 1.85. The Morgan fingerprint density at radius 2 is 2.60 bits per heavy atom. The Bertz CT molecular complexity index is 209. The van der Waals surface area contributed by atoms with Crippen LogP contribution in [-0.4, -0.2) is 21.3 Å². The molecule has 0 aliphatic rings. The lowest BCUT2D eigenvalue weighted by Crippen LogP contribution is -2.17. The van der Waals surface area contributed by atoms with Crippen LogP contribution >= 0.6 is 0 Å². The quantitative estimate of drug-likeness (QED) is 0.578. The molecule has 0 radical (unpaired) electrons. The molecule has 0 aliphatic heterocycles. The zero-order chi connectivity index (χ0) is 7.56. The Morgan fingerprint density at radius 3 is 3.00 bits per heavy atom. The SMILES string of the molecule is Cn1cncc1[C@H](N)CO. The van der Waals surface area contributed by atoms with Crippen molar-refractivity contribution in [2.75, 3.05) is 6.61 Å². The molecule has 0 bridgehead atoms. The van der Waals surface area contributed by atoms with E-state index in [1.165, 1.54) is 0 Å². The normalized spacial score (nSPS) is 13.5. The van der Waals surface area contributed by atoms with Crippen molar-refractivity contribution in [2.24, 2.45) is 12.8 Å². The molecule has 1 rings (SSSR count). The van der Waals surface area contributed by atoms with Crippen molar-refractivity contribution in [1.82, 2.24) is 9.55 Å². The van der Waals surface area contributed by atoms with Gasteiger partial charge in [-0.1, -0.05) is 0 Å². The molecule has 3 N–H and O–H groups in total. The van der Waals surface area contributed by atoms with Gasteiger partial charge < -0.3 is 15.4 Å². The molecule has 1 aromatic rings. The fourth-order valence-electron chi connectivity index (χ4n) is 0.818. The van der Waals surface area contributed by atoms with Crippen LogP contribution in [0.4, 0.5) is 0 Å². The van der Waals surface area contributed by atoms with Gasteiger partial charge in [0.15, 0.2) is 0 Å². The summed E-state index contributed by atoms with van der Waals surface area (Å²) >= 11 is 0. The number of hydrogen-bond acceptors (Lipinski definition) is 3. The van der Waals surface area contributed by atoms with E-state index in [1.807, 2.05) is 7.05 Å². The topological polar surface area (TPSA) is 64.1 Å². The van der Waals surface area contributed by atoms with E-state index in [-0.39, 0.29) is 12.6 Å². The molecule has 0 fully saturated rings. The Morgan fingerprint density at radius 1 is 1.90 bits per heavy atom. The molecule has 0 amide bonds. The first-order valence-corrected chi connectivity index (χ1v) is 3.08. The predicted octanol–water partition coefficient (Wildman–Crippen LogP) is -0.588. The number of aromatic nitrogens is 2. The van der Waals surface area contributed by atoms with Crippen LogP contribution in [0.15, 0.2) is 12.5 Å².